The highest BCUT2D eigenvalue weighted by molar-refractivity contribution is 9.11. The van der Waals surface area contributed by atoms with Crippen LogP contribution in [0, 0.1) is 0 Å². The summed E-state index contributed by atoms with van der Waals surface area (Å²) in [7, 11) is -9.18. The normalized spacial score (nSPS) is 18.0. The number of hydrogen-bond acceptors (Lipinski definition) is 11. The average Bonchev–Trinajstić information content (AvgIpc) is 3.36. The summed E-state index contributed by atoms with van der Waals surface area (Å²) in [5.41, 5.74) is 1.08. The molecule has 0 saturated carbocycles. The highest BCUT2D eigenvalue weighted by Crippen LogP contribution is 2.53. The second-order valence-corrected chi connectivity index (χ2v) is 14.3. The zero-order chi connectivity index (χ0) is 25.8. The number of nitrogens with zero attached hydrogens (tertiary/aromatic N) is 2. The topological polar surface area (TPSA) is 121 Å². The maximum Gasteiger partial charge on any atom is 0.114 e. The van der Waals surface area contributed by atoms with Crippen LogP contribution in [-0.4, -0.2) is 43.1 Å². The van der Waals surface area contributed by atoms with Gasteiger partial charge in [-0.25, -0.2) is 16.8 Å². The molecule has 3 heterocycles. The van der Waals surface area contributed by atoms with Gasteiger partial charge in [0.1, 0.15) is 37.4 Å². The molecule has 1 unspecified atom stereocenters. The Bertz CT molecular complexity index is 1300. The molecule has 0 N–H and O–H groups in total. The number of thioether (sulfide) groups is 2. The first kappa shape index (κ1) is 29.3. The lowest BCUT2D eigenvalue weighted by molar-refractivity contribution is 0.460. The van der Waals surface area contributed by atoms with Gasteiger partial charge in [-0.2, -0.15) is 0 Å². The summed E-state index contributed by atoms with van der Waals surface area (Å²) >= 11 is 13.4. The van der Waals surface area contributed by atoms with Crippen LogP contribution in [0.3, 0.4) is 0 Å². The molecule has 0 fully saturated rings. The highest BCUT2D eigenvalue weighted by atomic mass is 79.9. The molecule has 15 heteroatoms. The minimum atomic E-state index is -4.61. The smallest absolute Gasteiger partial charge is 0.114 e. The SMILES string of the molecule is C=C.C=C.O=S(=O)([O-])CN1C(=CC2Sc3sc(Br)cc3N2CS(=O)(=O)[O-])Sc2ccc(Cl)cc21. The molecular formula is C19H18BrClN2O6S5-2. The number of hydrogen-bond donors (Lipinski definition) is 0. The number of rotatable bonds is 5. The van der Waals surface area contributed by atoms with E-state index in [1.807, 2.05) is 0 Å². The van der Waals surface area contributed by atoms with Crippen LogP contribution >= 0.6 is 62.4 Å². The molecule has 0 saturated heterocycles. The summed E-state index contributed by atoms with van der Waals surface area (Å²) in [6.45, 7) is 12.0. The minimum absolute atomic E-state index is 0.380. The molecule has 0 amide bonds. The van der Waals surface area contributed by atoms with Crippen LogP contribution in [0.5, 0.6) is 0 Å². The summed E-state index contributed by atoms with van der Waals surface area (Å²) in [6.07, 6.45) is 1.65. The molecule has 1 aromatic heterocycles. The summed E-state index contributed by atoms with van der Waals surface area (Å²) in [5.74, 6) is -1.54. The van der Waals surface area contributed by atoms with Gasteiger partial charge in [-0.05, 0) is 46.3 Å². The molecule has 4 rings (SSSR count). The molecule has 8 nitrogen and oxygen atoms in total. The average molecular weight is 646 g/mol. The standard InChI is InChI=1S/C15H12BrClN2O6S5.2C2H4/c16-12-4-10-15(27-12)28-14(19(10)7-30(23,24)25)5-13-18(6-29(20,21)22)9-3-8(17)1-2-11(9)26-13;2*1-2/h1-5,14H,6-7H2,(H,20,21,22)(H,23,24,25);2*1-2H2/p-2. The van der Waals surface area contributed by atoms with E-state index in [4.69, 9.17) is 11.6 Å². The fraction of sp³-hybridized carbons (Fsp3) is 0.158. The first-order valence-electron chi connectivity index (χ1n) is 8.96. The lowest BCUT2D eigenvalue weighted by Crippen LogP contribution is -2.34. The van der Waals surface area contributed by atoms with Gasteiger partial charge in [-0.15, -0.1) is 37.7 Å². The molecule has 2 aliphatic rings. The molecule has 34 heavy (non-hydrogen) atoms. The van der Waals surface area contributed by atoms with E-state index in [1.165, 1.54) is 44.7 Å². The summed E-state index contributed by atoms with van der Waals surface area (Å²) in [6, 6.07) is 6.65. The van der Waals surface area contributed by atoms with E-state index in [0.29, 0.717) is 26.3 Å². The quantitative estimate of drug-likeness (QED) is 0.306. The van der Waals surface area contributed by atoms with Crippen molar-refractivity contribution in [1.29, 1.82) is 0 Å². The molecule has 0 bridgehead atoms. The van der Waals surface area contributed by atoms with E-state index in [-0.39, 0.29) is 0 Å². The van der Waals surface area contributed by atoms with Crippen molar-refractivity contribution in [2.75, 3.05) is 21.6 Å². The number of fused-ring (bicyclic) bond motifs is 2. The molecule has 0 aliphatic carbocycles. The van der Waals surface area contributed by atoms with Crippen LogP contribution in [0.1, 0.15) is 0 Å². The van der Waals surface area contributed by atoms with Gasteiger partial charge in [0.25, 0.3) is 0 Å². The third kappa shape index (κ3) is 7.27. The van der Waals surface area contributed by atoms with Crippen molar-refractivity contribution in [3.8, 4) is 0 Å². The maximum absolute atomic E-state index is 11.5. The Labute approximate surface area is 225 Å². The Kier molecular flexibility index (Phi) is 10.2. The Morgan fingerprint density at radius 3 is 2.24 bits per heavy atom. The van der Waals surface area contributed by atoms with Gasteiger partial charge in [-0.1, -0.05) is 35.1 Å². The van der Waals surface area contributed by atoms with Crippen molar-refractivity contribution < 1.29 is 25.9 Å². The van der Waals surface area contributed by atoms with Gasteiger partial charge in [0.15, 0.2) is 0 Å². The Balaban J connectivity index is 0.000000970. The number of benzene rings is 1. The molecule has 0 spiro atoms. The fourth-order valence-corrected chi connectivity index (χ4v) is 9.19. The van der Waals surface area contributed by atoms with Gasteiger partial charge >= 0.3 is 0 Å². The zero-order valence-corrected chi connectivity index (χ0v) is 23.8. The van der Waals surface area contributed by atoms with E-state index >= 15 is 0 Å². The third-order valence-electron chi connectivity index (χ3n) is 4.06. The molecule has 2 aromatic rings. The third-order valence-corrected chi connectivity index (χ3v) is 9.61. The van der Waals surface area contributed by atoms with Crippen LogP contribution in [0.25, 0.3) is 0 Å². The zero-order valence-electron chi connectivity index (χ0n) is 17.3. The van der Waals surface area contributed by atoms with Gasteiger partial charge in [0.2, 0.25) is 0 Å². The molecule has 1 aromatic carbocycles. The number of anilines is 2. The summed E-state index contributed by atoms with van der Waals surface area (Å²) in [4.78, 5) is 3.48. The monoisotopic (exact) mass is 644 g/mol. The van der Waals surface area contributed by atoms with Crippen molar-refractivity contribution in [2.24, 2.45) is 0 Å². The van der Waals surface area contributed by atoms with E-state index in [9.17, 15) is 25.9 Å². The van der Waals surface area contributed by atoms with Crippen LogP contribution in [0.15, 0.2) is 74.6 Å². The van der Waals surface area contributed by atoms with E-state index < -0.39 is 37.4 Å². The van der Waals surface area contributed by atoms with Gasteiger partial charge in [-0.3, -0.25) is 0 Å². The summed E-state index contributed by atoms with van der Waals surface area (Å²) in [5, 5.41) is 0.240. The fourth-order valence-electron chi connectivity index (χ4n) is 2.98. The molecule has 0 radical (unpaired) electrons. The van der Waals surface area contributed by atoms with Crippen molar-refractivity contribution >= 4 is 94.0 Å². The lowest BCUT2D eigenvalue weighted by Gasteiger charge is -2.27. The minimum Gasteiger partial charge on any atom is -0.747 e. The van der Waals surface area contributed by atoms with Gasteiger partial charge < -0.3 is 18.9 Å². The van der Waals surface area contributed by atoms with Crippen LogP contribution < -0.4 is 9.80 Å². The predicted octanol–water partition coefficient (Wildman–Crippen LogP) is 5.47. The highest BCUT2D eigenvalue weighted by Gasteiger charge is 2.35. The molecule has 186 valence electrons. The Morgan fingerprint density at radius 2 is 1.65 bits per heavy atom. The first-order valence-corrected chi connectivity index (χ1v) is 15.8. The Morgan fingerprint density at radius 1 is 1.03 bits per heavy atom. The van der Waals surface area contributed by atoms with Crippen molar-refractivity contribution in [3.63, 3.8) is 0 Å². The van der Waals surface area contributed by atoms with Crippen LogP contribution in [0.2, 0.25) is 5.02 Å². The number of thiophene rings is 1. The van der Waals surface area contributed by atoms with E-state index in [0.717, 1.165) is 8.00 Å². The van der Waals surface area contributed by atoms with Gasteiger partial charge in [0.05, 0.1) is 24.4 Å². The van der Waals surface area contributed by atoms with E-state index in [1.54, 1.807) is 30.3 Å². The lowest BCUT2D eigenvalue weighted by atomic mass is 10.3. The van der Waals surface area contributed by atoms with Crippen molar-refractivity contribution in [1.82, 2.24) is 0 Å². The van der Waals surface area contributed by atoms with Crippen molar-refractivity contribution in [2.45, 2.75) is 14.5 Å². The molecule has 1 atom stereocenters. The molecular weight excluding hydrogens is 628 g/mol. The van der Waals surface area contributed by atoms with Crippen LogP contribution in [-0.2, 0) is 20.2 Å². The Hall–Kier alpha value is -0.970. The second kappa shape index (κ2) is 11.8. The maximum atomic E-state index is 11.5. The largest absolute Gasteiger partial charge is 0.747 e. The second-order valence-electron chi connectivity index (χ2n) is 6.22. The van der Waals surface area contributed by atoms with Crippen LogP contribution in [0.4, 0.5) is 11.4 Å². The first-order chi connectivity index (χ1) is 15.9. The predicted molar refractivity (Wildman–Crippen MR) is 144 cm³/mol. The van der Waals surface area contributed by atoms with E-state index in [2.05, 4.69) is 42.2 Å². The summed E-state index contributed by atoms with van der Waals surface area (Å²) < 4.78 is 70.5. The number of halogens is 2. The van der Waals surface area contributed by atoms with Crippen molar-refractivity contribution in [3.05, 3.63) is 70.5 Å². The van der Waals surface area contributed by atoms with Gasteiger partial charge in [0, 0.05) is 9.92 Å². The molecule has 2 aliphatic heterocycles.